The first-order valence-electron chi connectivity index (χ1n) is 7.90. The lowest BCUT2D eigenvalue weighted by Gasteiger charge is -2.31. The van der Waals surface area contributed by atoms with Gasteiger partial charge in [-0.05, 0) is 54.4 Å². The third kappa shape index (κ3) is 3.55. The molecule has 1 unspecified atom stereocenters. The molecule has 0 aliphatic carbocycles. The number of nitrogens with zero attached hydrogens (tertiary/aromatic N) is 2. The highest BCUT2D eigenvalue weighted by Gasteiger charge is 2.58. The van der Waals surface area contributed by atoms with E-state index in [0.29, 0.717) is 11.3 Å². The van der Waals surface area contributed by atoms with E-state index in [-0.39, 0.29) is 21.2 Å². The van der Waals surface area contributed by atoms with Gasteiger partial charge in [-0.3, -0.25) is 9.90 Å². The zero-order valence-corrected chi connectivity index (χ0v) is 15.8. The first-order valence-corrected chi connectivity index (χ1v) is 8.65. The molecule has 0 aromatic heterocycles. The maximum Gasteiger partial charge on any atom is 0.405 e. The standard InChI is InChI=1S/C18H13Cl2F3N2O3/c1-10-4-14(2-3-15(10)16(26)28-27)25-9-17(8-24-25,18(21,22)23)11-5-12(19)7-13(20)6-11/h2-8,27H,9H2,1H3. The highest BCUT2D eigenvalue weighted by Crippen LogP contribution is 2.45. The fraction of sp³-hybridized carbons (Fsp3) is 0.222. The van der Waals surface area contributed by atoms with Gasteiger partial charge in [-0.15, -0.1) is 0 Å². The first-order chi connectivity index (χ1) is 13.1. The zero-order chi connectivity index (χ0) is 20.7. The van der Waals surface area contributed by atoms with E-state index in [1.165, 1.54) is 41.4 Å². The summed E-state index contributed by atoms with van der Waals surface area (Å²) in [5, 5.41) is 13.8. The summed E-state index contributed by atoms with van der Waals surface area (Å²) < 4.78 is 42.2. The van der Waals surface area contributed by atoms with Gasteiger partial charge >= 0.3 is 12.1 Å². The second kappa shape index (κ2) is 7.27. The van der Waals surface area contributed by atoms with Crippen LogP contribution >= 0.6 is 23.2 Å². The van der Waals surface area contributed by atoms with Gasteiger partial charge in [0.05, 0.1) is 17.8 Å². The third-order valence-electron chi connectivity index (χ3n) is 4.51. The molecule has 3 rings (SSSR count). The van der Waals surface area contributed by atoms with Crippen LogP contribution in [0.25, 0.3) is 0 Å². The Bertz CT molecular complexity index is 945. The van der Waals surface area contributed by atoms with Crippen molar-refractivity contribution in [3.05, 3.63) is 63.1 Å². The van der Waals surface area contributed by atoms with Crippen LogP contribution in [-0.2, 0) is 10.3 Å². The van der Waals surface area contributed by atoms with Gasteiger partial charge in [-0.1, -0.05) is 23.2 Å². The molecule has 28 heavy (non-hydrogen) atoms. The predicted molar refractivity (Wildman–Crippen MR) is 99.3 cm³/mol. The summed E-state index contributed by atoms with van der Waals surface area (Å²) in [5.41, 5.74) is -1.71. The van der Waals surface area contributed by atoms with E-state index < -0.39 is 24.1 Å². The molecule has 2 aromatic rings. The molecule has 0 fully saturated rings. The number of rotatable bonds is 3. The van der Waals surface area contributed by atoms with Crippen LogP contribution in [0.1, 0.15) is 21.5 Å². The van der Waals surface area contributed by atoms with Crippen molar-refractivity contribution >= 4 is 41.1 Å². The second-order valence-corrected chi connectivity index (χ2v) is 7.18. The molecule has 148 valence electrons. The Balaban J connectivity index is 2.00. The number of hydrogen-bond donors (Lipinski definition) is 1. The average molecular weight is 433 g/mol. The summed E-state index contributed by atoms with van der Waals surface area (Å²) in [6.07, 6.45) is -3.84. The van der Waals surface area contributed by atoms with Gasteiger partial charge in [0.1, 0.15) is 5.41 Å². The molecule has 1 N–H and O–H groups in total. The minimum absolute atomic E-state index is 0.0816. The molecular weight excluding hydrogens is 420 g/mol. The Morgan fingerprint density at radius 2 is 1.86 bits per heavy atom. The van der Waals surface area contributed by atoms with Crippen LogP contribution < -0.4 is 5.01 Å². The lowest BCUT2D eigenvalue weighted by molar-refractivity contribution is -0.182. The van der Waals surface area contributed by atoms with Gasteiger partial charge in [0.25, 0.3) is 0 Å². The van der Waals surface area contributed by atoms with E-state index in [1.807, 2.05) is 0 Å². The van der Waals surface area contributed by atoms with Crippen molar-refractivity contribution in [3.63, 3.8) is 0 Å². The fourth-order valence-corrected chi connectivity index (χ4v) is 3.56. The fourth-order valence-electron chi connectivity index (χ4n) is 3.03. The highest BCUT2D eigenvalue weighted by molar-refractivity contribution is 6.34. The van der Waals surface area contributed by atoms with Crippen molar-refractivity contribution in [2.45, 2.75) is 18.5 Å². The van der Waals surface area contributed by atoms with Gasteiger partial charge in [0.2, 0.25) is 0 Å². The molecule has 0 spiro atoms. The Hall–Kier alpha value is -2.29. The molecule has 0 bridgehead atoms. The summed E-state index contributed by atoms with van der Waals surface area (Å²) in [6, 6.07) is 7.99. The number of alkyl halides is 3. The smallest absolute Gasteiger partial charge is 0.295 e. The SMILES string of the molecule is Cc1cc(N2CC(c3cc(Cl)cc(Cl)c3)(C(F)(F)F)C=N2)ccc1C(=O)OO. The number of anilines is 1. The van der Waals surface area contributed by atoms with Crippen molar-refractivity contribution in [2.75, 3.05) is 11.6 Å². The monoisotopic (exact) mass is 432 g/mol. The molecule has 1 atom stereocenters. The molecule has 0 amide bonds. The van der Waals surface area contributed by atoms with E-state index >= 15 is 0 Å². The molecule has 1 aliphatic heterocycles. The number of aryl methyl sites for hydroxylation is 1. The maximum atomic E-state index is 14.1. The lowest BCUT2D eigenvalue weighted by atomic mass is 9.81. The molecule has 1 aliphatic rings. The largest absolute Gasteiger partial charge is 0.405 e. The Labute approximate surface area is 167 Å². The normalized spacial score (nSPS) is 19.2. The summed E-state index contributed by atoms with van der Waals surface area (Å²) >= 11 is 11.8. The molecule has 0 saturated heterocycles. The molecular formula is C18H13Cl2F3N2O3. The van der Waals surface area contributed by atoms with E-state index in [4.69, 9.17) is 28.5 Å². The van der Waals surface area contributed by atoms with Gasteiger partial charge in [0.15, 0.2) is 0 Å². The third-order valence-corrected chi connectivity index (χ3v) is 4.95. The topological polar surface area (TPSA) is 62.1 Å². The Morgan fingerprint density at radius 1 is 1.21 bits per heavy atom. The average Bonchev–Trinajstić information content (AvgIpc) is 3.07. The number of benzene rings is 2. The van der Waals surface area contributed by atoms with E-state index in [9.17, 15) is 18.0 Å². The van der Waals surface area contributed by atoms with Crippen molar-refractivity contribution in [2.24, 2.45) is 5.10 Å². The lowest BCUT2D eigenvalue weighted by Crippen LogP contribution is -2.47. The molecule has 10 heteroatoms. The number of hydrogen-bond acceptors (Lipinski definition) is 5. The number of hydrazone groups is 1. The van der Waals surface area contributed by atoms with E-state index in [2.05, 4.69) is 9.99 Å². The van der Waals surface area contributed by atoms with Gasteiger partial charge in [-0.25, -0.2) is 4.79 Å². The molecule has 1 heterocycles. The molecule has 5 nitrogen and oxygen atoms in total. The van der Waals surface area contributed by atoms with Crippen LogP contribution in [0, 0.1) is 6.92 Å². The summed E-state index contributed by atoms with van der Waals surface area (Å²) in [7, 11) is 0. The second-order valence-electron chi connectivity index (χ2n) is 6.31. The predicted octanol–water partition coefficient (Wildman–Crippen LogP) is 5.24. The molecule has 2 aromatic carbocycles. The summed E-state index contributed by atoms with van der Waals surface area (Å²) in [6.45, 7) is 1.03. The van der Waals surface area contributed by atoms with Crippen molar-refractivity contribution in [1.29, 1.82) is 0 Å². The van der Waals surface area contributed by atoms with Crippen LogP contribution in [-0.4, -0.2) is 30.2 Å². The van der Waals surface area contributed by atoms with Crippen LogP contribution in [0.2, 0.25) is 10.0 Å². The molecule has 0 radical (unpaired) electrons. The first kappa shape index (κ1) is 20.4. The van der Waals surface area contributed by atoms with E-state index in [1.54, 1.807) is 6.92 Å². The Morgan fingerprint density at radius 3 is 2.39 bits per heavy atom. The summed E-state index contributed by atoms with van der Waals surface area (Å²) in [5.74, 6) is -0.966. The zero-order valence-electron chi connectivity index (χ0n) is 14.3. The van der Waals surface area contributed by atoms with Crippen LogP contribution in [0.4, 0.5) is 18.9 Å². The Kier molecular flexibility index (Phi) is 5.31. The van der Waals surface area contributed by atoms with Crippen LogP contribution in [0.3, 0.4) is 0 Å². The van der Waals surface area contributed by atoms with Gasteiger partial charge < -0.3 is 0 Å². The highest BCUT2D eigenvalue weighted by atomic mass is 35.5. The number of carbonyl (C=O) groups is 1. The maximum absolute atomic E-state index is 14.1. The minimum atomic E-state index is -4.66. The summed E-state index contributed by atoms with van der Waals surface area (Å²) in [4.78, 5) is 15.1. The van der Waals surface area contributed by atoms with Crippen molar-refractivity contribution < 1.29 is 28.1 Å². The van der Waals surface area contributed by atoms with Crippen molar-refractivity contribution in [3.8, 4) is 0 Å². The minimum Gasteiger partial charge on any atom is -0.295 e. The van der Waals surface area contributed by atoms with E-state index in [0.717, 1.165) is 6.21 Å². The number of halogens is 5. The van der Waals surface area contributed by atoms with Crippen LogP contribution in [0.5, 0.6) is 0 Å². The quantitative estimate of drug-likeness (QED) is 0.532. The van der Waals surface area contributed by atoms with Gasteiger partial charge in [0, 0.05) is 16.3 Å². The van der Waals surface area contributed by atoms with Crippen LogP contribution in [0.15, 0.2) is 41.5 Å². The van der Waals surface area contributed by atoms with Crippen molar-refractivity contribution in [1.82, 2.24) is 0 Å². The molecule has 0 saturated carbocycles. The number of carbonyl (C=O) groups excluding carboxylic acids is 1. The van der Waals surface area contributed by atoms with Gasteiger partial charge in [-0.2, -0.15) is 23.5 Å².